The van der Waals surface area contributed by atoms with Crippen LogP contribution in [0.5, 0.6) is 0 Å². The first kappa shape index (κ1) is 9.90. The van der Waals surface area contributed by atoms with E-state index < -0.39 is 0 Å². The van der Waals surface area contributed by atoms with Crippen LogP contribution in [0.2, 0.25) is 0 Å². The van der Waals surface area contributed by atoms with Gasteiger partial charge in [-0.3, -0.25) is 4.79 Å². The number of ether oxygens (including phenoxy) is 1. The van der Waals surface area contributed by atoms with Gasteiger partial charge in [-0.05, 0) is 26.0 Å². The molecule has 0 atom stereocenters. The summed E-state index contributed by atoms with van der Waals surface area (Å²) in [4.78, 5) is 15.8. The second-order valence-electron chi connectivity index (χ2n) is 4.25. The number of aliphatic imine (C=N–C) groups is 1. The lowest BCUT2D eigenvalue weighted by Crippen LogP contribution is -2.32. The van der Waals surface area contributed by atoms with Crippen LogP contribution in [0.15, 0.2) is 35.3 Å². The van der Waals surface area contributed by atoms with Gasteiger partial charge in [0.15, 0.2) is 0 Å². The fourth-order valence-electron chi connectivity index (χ4n) is 1.54. The summed E-state index contributed by atoms with van der Waals surface area (Å²) < 4.78 is 5.12. The predicted octanol–water partition coefficient (Wildman–Crippen LogP) is 2.16. The van der Waals surface area contributed by atoms with Gasteiger partial charge in [0.25, 0.3) is 0 Å². The van der Waals surface area contributed by atoms with Crippen molar-refractivity contribution in [2.24, 2.45) is 4.99 Å². The Morgan fingerprint density at radius 2 is 1.93 bits per heavy atom. The second-order valence-corrected chi connectivity index (χ2v) is 4.25. The maximum Gasteiger partial charge on any atom is 0.314 e. The van der Waals surface area contributed by atoms with Crippen LogP contribution in [0, 0.1) is 0 Å². The number of carbonyl (C=O) groups is 1. The number of nitrogens with zero attached hydrogens (tertiary/aromatic N) is 1. The van der Waals surface area contributed by atoms with Gasteiger partial charge >= 0.3 is 5.97 Å². The number of benzene rings is 1. The van der Waals surface area contributed by atoms with Gasteiger partial charge in [0.1, 0.15) is 0 Å². The molecule has 1 aromatic rings. The van der Waals surface area contributed by atoms with E-state index in [0.717, 1.165) is 5.56 Å². The number of carbonyl (C=O) groups excluding carboxylic acids is 1. The van der Waals surface area contributed by atoms with Crippen molar-refractivity contribution in [2.75, 3.05) is 0 Å². The number of hydrogen-bond donors (Lipinski definition) is 0. The summed E-state index contributed by atoms with van der Waals surface area (Å²) in [5.41, 5.74) is 0.485. The molecule has 1 aliphatic rings. The maximum absolute atomic E-state index is 11.4. The number of rotatable bonds is 1. The molecule has 1 aromatic carbocycles. The molecule has 78 valence electrons. The SMILES string of the molecule is CC1(C)CC(=O)OC(c2ccccc2)=N1. The average molecular weight is 203 g/mol. The summed E-state index contributed by atoms with van der Waals surface area (Å²) in [5, 5.41) is 0. The smallest absolute Gasteiger partial charge is 0.314 e. The standard InChI is InChI=1S/C12H13NO2/c1-12(2)8-10(14)15-11(13-12)9-6-4-3-5-7-9/h3-7H,8H2,1-2H3. The molecule has 2 rings (SSSR count). The van der Waals surface area contributed by atoms with E-state index in [1.54, 1.807) is 0 Å². The lowest BCUT2D eigenvalue weighted by molar-refractivity contribution is -0.137. The van der Waals surface area contributed by atoms with Crippen LogP contribution in [-0.4, -0.2) is 17.4 Å². The van der Waals surface area contributed by atoms with E-state index in [-0.39, 0.29) is 11.5 Å². The summed E-state index contributed by atoms with van der Waals surface area (Å²) >= 11 is 0. The molecule has 0 amide bonds. The van der Waals surface area contributed by atoms with Crippen LogP contribution in [0.25, 0.3) is 0 Å². The first-order chi connectivity index (χ1) is 7.07. The van der Waals surface area contributed by atoms with Crippen LogP contribution in [0.4, 0.5) is 0 Å². The number of cyclic esters (lactones) is 1. The first-order valence-electron chi connectivity index (χ1n) is 4.93. The Kier molecular flexibility index (Phi) is 2.31. The van der Waals surface area contributed by atoms with Crippen LogP contribution in [0.1, 0.15) is 25.8 Å². The Bertz CT molecular complexity index is 407. The normalized spacial score (nSPS) is 19.3. The third-order valence-electron chi connectivity index (χ3n) is 2.21. The Hall–Kier alpha value is -1.64. The van der Waals surface area contributed by atoms with E-state index in [2.05, 4.69) is 4.99 Å². The molecule has 0 bridgehead atoms. The molecular formula is C12H13NO2. The fraction of sp³-hybridized carbons (Fsp3) is 0.333. The van der Waals surface area contributed by atoms with E-state index in [9.17, 15) is 4.79 Å². The molecule has 0 saturated carbocycles. The minimum atomic E-state index is -0.361. The van der Waals surface area contributed by atoms with E-state index in [1.165, 1.54) is 0 Å². The molecule has 0 radical (unpaired) electrons. The molecule has 0 fully saturated rings. The highest BCUT2D eigenvalue weighted by Gasteiger charge is 2.29. The lowest BCUT2D eigenvalue weighted by atomic mass is 10.0. The summed E-state index contributed by atoms with van der Waals surface area (Å²) in [7, 11) is 0. The Labute approximate surface area is 88.8 Å². The van der Waals surface area contributed by atoms with Crippen molar-refractivity contribution in [2.45, 2.75) is 25.8 Å². The molecular weight excluding hydrogens is 190 g/mol. The molecule has 3 heteroatoms. The Morgan fingerprint density at radius 1 is 1.27 bits per heavy atom. The Balaban J connectivity index is 2.38. The van der Waals surface area contributed by atoms with E-state index >= 15 is 0 Å². The zero-order chi connectivity index (χ0) is 10.9. The van der Waals surface area contributed by atoms with Gasteiger partial charge in [-0.1, -0.05) is 18.2 Å². The quantitative estimate of drug-likeness (QED) is 0.656. The number of hydrogen-bond acceptors (Lipinski definition) is 3. The average Bonchev–Trinajstić information content (AvgIpc) is 2.16. The highest BCUT2D eigenvalue weighted by atomic mass is 16.5. The number of esters is 1. The maximum atomic E-state index is 11.4. The fourth-order valence-corrected chi connectivity index (χ4v) is 1.54. The molecule has 0 aliphatic carbocycles. The molecule has 3 nitrogen and oxygen atoms in total. The monoisotopic (exact) mass is 203 g/mol. The highest BCUT2D eigenvalue weighted by Crippen LogP contribution is 2.22. The highest BCUT2D eigenvalue weighted by molar-refractivity contribution is 6.02. The third-order valence-corrected chi connectivity index (χ3v) is 2.21. The third kappa shape index (κ3) is 2.24. The van der Waals surface area contributed by atoms with Gasteiger partial charge in [-0.25, -0.2) is 4.99 Å². The van der Waals surface area contributed by atoms with Gasteiger partial charge in [-0.2, -0.15) is 0 Å². The van der Waals surface area contributed by atoms with Crippen LogP contribution in [-0.2, 0) is 9.53 Å². The van der Waals surface area contributed by atoms with Crippen molar-refractivity contribution in [1.82, 2.24) is 0 Å². The molecule has 0 aromatic heterocycles. The van der Waals surface area contributed by atoms with E-state index in [0.29, 0.717) is 12.3 Å². The molecule has 0 unspecified atom stereocenters. The summed E-state index contributed by atoms with van der Waals surface area (Å²) in [6.07, 6.45) is 0.337. The van der Waals surface area contributed by atoms with Gasteiger partial charge < -0.3 is 4.74 Å². The van der Waals surface area contributed by atoms with Crippen molar-refractivity contribution in [3.8, 4) is 0 Å². The molecule has 0 N–H and O–H groups in total. The second kappa shape index (κ2) is 3.50. The van der Waals surface area contributed by atoms with Crippen molar-refractivity contribution in [3.63, 3.8) is 0 Å². The van der Waals surface area contributed by atoms with Gasteiger partial charge in [0.2, 0.25) is 5.90 Å². The van der Waals surface area contributed by atoms with Gasteiger partial charge in [0.05, 0.1) is 12.0 Å². The molecule has 1 heterocycles. The Morgan fingerprint density at radius 3 is 2.53 bits per heavy atom. The minimum Gasteiger partial charge on any atom is -0.407 e. The van der Waals surface area contributed by atoms with Crippen LogP contribution in [0.3, 0.4) is 0 Å². The topological polar surface area (TPSA) is 38.7 Å². The molecule has 15 heavy (non-hydrogen) atoms. The first-order valence-corrected chi connectivity index (χ1v) is 4.93. The predicted molar refractivity (Wildman–Crippen MR) is 57.8 cm³/mol. The van der Waals surface area contributed by atoms with Crippen molar-refractivity contribution < 1.29 is 9.53 Å². The van der Waals surface area contributed by atoms with Crippen LogP contribution < -0.4 is 0 Å². The van der Waals surface area contributed by atoms with Crippen molar-refractivity contribution in [1.29, 1.82) is 0 Å². The summed E-state index contributed by atoms with van der Waals surface area (Å²) in [6.45, 7) is 3.85. The largest absolute Gasteiger partial charge is 0.407 e. The van der Waals surface area contributed by atoms with Crippen molar-refractivity contribution >= 4 is 11.9 Å². The zero-order valence-corrected chi connectivity index (χ0v) is 8.86. The lowest BCUT2D eigenvalue weighted by Gasteiger charge is -2.25. The summed E-state index contributed by atoms with van der Waals surface area (Å²) in [6, 6.07) is 9.47. The van der Waals surface area contributed by atoms with Gasteiger partial charge in [0, 0.05) is 5.56 Å². The van der Waals surface area contributed by atoms with Crippen molar-refractivity contribution in [3.05, 3.63) is 35.9 Å². The molecule has 1 aliphatic heterocycles. The zero-order valence-electron chi connectivity index (χ0n) is 8.86. The molecule has 0 saturated heterocycles. The minimum absolute atomic E-state index is 0.214. The molecule has 0 spiro atoms. The summed E-state index contributed by atoms with van der Waals surface area (Å²) in [5.74, 6) is 0.214. The van der Waals surface area contributed by atoms with E-state index in [1.807, 2.05) is 44.2 Å². The van der Waals surface area contributed by atoms with Crippen LogP contribution >= 0.6 is 0 Å². The van der Waals surface area contributed by atoms with Gasteiger partial charge in [-0.15, -0.1) is 0 Å². The van der Waals surface area contributed by atoms with E-state index in [4.69, 9.17) is 4.74 Å².